The average molecular weight is 407 g/mol. The number of non-ortho nitro benzene ring substituents is 1. The maximum atomic E-state index is 12.2. The highest BCUT2D eigenvalue weighted by Crippen LogP contribution is 2.25. The average Bonchev–Trinajstić information content (AvgIpc) is 3.12. The summed E-state index contributed by atoms with van der Waals surface area (Å²) in [6, 6.07) is 13.5. The molecule has 7 nitrogen and oxygen atoms in total. The summed E-state index contributed by atoms with van der Waals surface area (Å²) in [6.07, 6.45) is 0. The molecule has 0 fully saturated rings. The summed E-state index contributed by atoms with van der Waals surface area (Å²) < 4.78 is 10.9. The molecule has 0 aliphatic carbocycles. The van der Waals surface area contributed by atoms with Crippen molar-refractivity contribution in [2.24, 2.45) is 0 Å². The van der Waals surface area contributed by atoms with Crippen molar-refractivity contribution in [1.82, 2.24) is 0 Å². The van der Waals surface area contributed by atoms with Gasteiger partial charge in [0.05, 0.1) is 15.0 Å². The van der Waals surface area contributed by atoms with Crippen LogP contribution in [0.2, 0.25) is 10.0 Å². The molecular weight excluding hydrogens is 395 g/mol. The van der Waals surface area contributed by atoms with Gasteiger partial charge in [-0.1, -0.05) is 23.2 Å². The molecule has 0 spiro atoms. The van der Waals surface area contributed by atoms with Crippen molar-refractivity contribution in [2.75, 3.05) is 5.32 Å². The van der Waals surface area contributed by atoms with Crippen LogP contribution in [-0.4, -0.2) is 10.8 Å². The van der Waals surface area contributed by atoms with Crippen molar-refractivity contribution in [3.8, 4) is 5.75 Å². The van der Waals surface area contributed by atoms with Crippen molar-refractivity contribution >= 4 is 40.5 Å². The van der Waals surface area contributed by atoms with Gasteiger partial charge < -0.3 is 14.5 Å². The zero-order valence-electron chi connectivity index (χ0n) is 13.6. The molecule has 0 aliphatic rings. The lowest BCUT2D eigenvalue weighted by atomic mass is 10.3. The van der Waals surface area contributed by atoms with Gasteiger partial charge in [-0.05, 0) is 42.5 Å². The van der Waals surface area contributed by atoms with E-state index in [1.807, 2.05) is 0 Å². The summed E-state index contributed by atoms with van der Waals surface area (Å²) in [6.45, 7) is 0.0673. The molecule has 0 saturated heterocycles. The third kappa shape index (κ3) is 4.78. The van der Waals surface area contributed by atoms with Crippen LogP contribution in [0.4, 0.5) is 11.4 Å². The number of nitrogens with zero attached hydrogens (tertiary/aromatic N) is 1. The molecule has 0 bridgehead atoms. The molecule has 3 aromatic rings. The second kappa shape index (κ2) is 8.11. The topological polar surface area (TPSA) is 94.6 Å². The van der Waals surface area contributed by atoms with Gasteiger partial charge in [-0.25, -0.2) is 0 Å². The Hall–Kier alpha value is -3.03. The number of carbonyl (C=O) groups is 1. The summed E-state index contributed by atoms with van der Waals surface area (Å²) in [7, 11) is 0. The van der Waals surface area contributed by atoms with E-state index in [9.17, 15) is 14.9 Å². The minimum absolute atomic E-state index is 0.0263. The van der Waals surface area contributed by atoms with Gasteiger partial charge in [0.2, 0.25) is 0 Å². The summed E-state index contributed by atoms with van der Waals surface area (Å²) in [4.78, 5) is 22.3. The number of halogens is 2. The van der Waals surface area contributed by atoms with E-state index in [-0.39, 0.29) is 18.1 Å². The fourth-order valence-corrected chi connectivity index (χ4v) is 2.46. The fraction of sp³-hybridized carbons (Fsp3) is 0.0556. The second-order valence-electron chi connectivity index (χ2n) is 5.39. The van der Waals surface area contributed by atoms with Crippen LogP contribution < -0.4 is 10.1 Å². The number of nitro benzene ring substituents is 1. The van der Waals surface area contributed by atoms with Gasteiger partial charge in [0.25, 0.3) is 11.6 Å². The zero-order chi connectivity index (χ0) is 19.4. The lowest BCUT2D eigenvalue weighted by Gasteiger charge is -2.05. The monoisotopic (exact) mass is 406 g/mol. The Kier molecular flexibility index (Phi) is 5.63. The van der Waals surface area contributed by atoms with Gasteiger partial charge >= 0.3 is 0 Å². The number of nitrogens with one attached hydrogen (secondary N) is 1. The first-order chi connectivity index (χ1) is 12.9. The molecule has 9 heteroatoms. The highest BCUT2D eigenvalue weighted by Gasteiger charge is 2.13. The van der Waals surface area contributed by atoms with Crippen molar-refractivity contribution < 1.29 is 18.9 Å². The minimum atomic E-state index is -0.491. The number of carbonyl (C=O) groups excluding carboxylic acids is 1. The smallest absolute Gasteiger partial charge is 0.291 e. The summed E-state index contributed by atoms with van der Waals surface area (Å²) in [5.41, 5.74) is 0.455. The number of anilines is 1. The van der Waals surface area contributed by atoms with Crippen molar-refractivity contribution in [2.45, 2.75) is 6.61 Å². The van der Waals surface area contributed by atoms with Gasteiger partial charge in [0, 0.05) is 17.8 Å². The maximum absolute atomic E-state index is 12.2. The molecule has 0 radical (unpaired) electrons. The van der Waals surface area contributed by atoms with E-state index in [1.165, 1.54) is 36.4 Å². The Morgan fingerprint density at radius 3 is 2.48 bits per heavy atom. The first-order valence-electron chi connectivity index (χ1n) is 7.65. The first kappa shape index (κ1) is 18.8. The molecular formula is C18H12Cl2N2O5. The van der Waals surface area contributed by atoms with Gasteiger partial charge in [0.15, 0.2) is 5.76 Å². The number of furan rings is 1. The van der Waals surface area contributed by atoms with E-state index in [2.05, 4.69) is 5.32 Å². The summed E-state index contributed by atoms with van der Waals surface area (Å²) in [5, 5.41) is 14.0. The minimum Gasteiger partial charge on any atom is -0.486 e. The Labute approximate surface area is 163 Å². The number of ether oxygens (including phenoxy) is 1. The highest BCUT2D eigenvalue weighted by molar-refractivity contribution is 6.42. The molecule has 1 heterocycles. The molecule has 1 amide bonds. The molecule has 138 valence electrons. The number of amides is 1. The van der Waals surface area contributed by atoms with Crippen LogP contribution in [0, 0.1) is 10.1 Å². The van der Waals surface area contributed by atoms with Gasteiger partial charge in [-0.3, -0.25) is 14.9 Å². The third-order valence-electron chi connectivity index (χ3n) is 3.49. The quantitative estimate of drug-likeness (QED) is 0.441. The molecule has 2 aromatic carbocycles. The number of nitro groups is 1. The van der Waals surface area contributed by atoms with E-state index in [1.54, 1.807) is 18.2 Å². The highest BCUT2D eigenvalue weighted by atomic mass is 35.5. The van der Waals surface area contributed by atoms with Crippen molar-refractivity contribution in [3.05, 3.63) is 86.3 Å². The van der Waals surface area contributed by atoms with Crippen LogP contribution in [0.1, 0.15) is 16.3 Å². The lowest BCUT2D eigenvalue weighted by Crippen LogP contribution is -2.10. The van der Waals surface area contributed by atoms with Crippen LogP contribution in [-0.2, 0) is 6.61 Å². The van der Waals surface area contributed by atoms with E-state index in [4.69, 9.17) is 32.4 Å². The van der Waals surface area contributed by atoms with Crippen LogP contribution in [0.3, 0.4) is 0 Å². The molecule has 1 N–H and O–H groups in total. The molecule has 27 heavy (non-hydrogen) atoms. The van der Waals surface area contributed by atoms with Crippen LogP contribution in [0.15, 0.2) is 59.0 Å². The number of hydrogen-bond donors (Lipinski definition) is 1. The van der Waals surface area contributed by atoms with Gasteiger partial charge in [-0.2, -0.15) is 0 Å². The van der Waals surface area contributed by atoms with E-state index < -0.39 is 10.8 Å². The maximum Gasteiger partial charge on any atom is 0.291 e. The standard InChI is InChI=1S/C18H12Cl2N2O5/c19-15-7-1-11(9-16(15)20)21-18(23)17-8-6-14(27-17)10-26-13-4-2-12(3-5-13)22(24)25/h1-9H,10H2,(H,21,23). The summed E-state index contributed by atoms with van der Waals surface area (Å²) in [5.74, 6) is 0.518. The van der Waals surface area contributed by atoms with Crippen LogP contribution >= 0.6 is 23.2 Å². The summed E-state index contributed by atoms with van der Waals surface area (Å²) >= 11 is 11.7. The molecule has 0 aliphatic heterocycles. The number of hydrogen-bond acceptors (Lipinski definition) is 5. The van der Waals surface area contributed by atoms with Crippen LogP contribution in [0.5, 0.6) is 5.75 Å². The Morgan fingerprint density at radius 1 is 1.07 bits per heavy atom. The van der Waals surface area contributed by atoms with E-state index >= 15 is 0 Å². The predicted molar refractivity (Wildman–Crippen MR) is 101 cm³/mol. The molecule has 0 unspecified atom stereocenters. The van der Waals surface area contributed by atoms with Gasteiger partial charge in [0.1, 0.15) is 18.1 Å². The fourth-order valence-electron chi connectivity index (χ4n) is 2.16. The van der Waals surface area contributed by atoms with Gasteiger partial charge in [-0.15, -0.1) is 0 Å². The Bertz CT molecular complexity index is 986. The Morgan fingerprint density at radius 2 is 1.81 bits per heavy atom. The predicted octanol–water partition coefficient (Wildman–Crippen LogP) is 5.33. The van der Waals surface area contributed by atoms with Crippen LogP contribution in [0.25, 0.3) is 0 Å². The second-order valence-corrected chi connectivity index (χ2v) is 6.20. The zero-order valence-corrected chi connectivity index (χ0v) is 15.2. The van der Waals surface area contributed by atoms with Crippen molar-refractivity contribution in [1.29, 1.82) is 0 Å². The molecule has 3 rings (SSSR count). The SMILES string of the molecule is O=C(Nc1ccc(Cl)c(Cl)c1)c1ccc(COc2ccc([N+](=O)[O-])cc2)o1. The molecule has 1 aromatic heterocycles. The van der Waals surface area contributed by atoms with E-state index in [0.29, 0.717) is 27.2 Å². The third-order valence-corrected chi connectivity index (χ3v) is 4.23. The largest absolute Gasteiger partial charge is 0.486 e. The lowest BCUT2D eigenvalue weighted by molar-refractivity contribution is -0.384. The number of benzene rings is 2. The first-order valence-corrected chi connectivity index (χ1v) is 8.40. The van der Waals surface area contributed by atoms with Crippen molar-refractivity contribution in [3.63, 3.8) is 0 Å². The molecule has 0 saturated carbocycles. The van der Waals surface area contributed by atoms with E-state index in [0.717, 1.165) is 0 Å². The Balaban J connectivity index is 1.59. The molecule has 0 atom stereocenters. The normalized spacial score (nSPS) is 10.4. The number of rotatable bonds is 6.